The van der Waals surface area contributed by atoms with Crippen molar-refractivity contribution in [1.82, 2.24) is 0 Å². The summed E-state index contributed by atoms with van der Waals surface area (Å²) >= 11 is 15.0. The molecular formula is C14H11BrCl2FN. The SMILES string of the molecule is NC(Cc1ccc(Cl)c(F)c1)c1ccc(Br)c(Cl)c1. The molecule has 0 fully saturated rings. The Labute approximate surface area is 129 Å². The average molecular weight is 363 g/mol. The number of halogens is 4. The third-order valence-corrected chi connectivity index (χ3v) is 4.35. The van der Waals surface area contributed by atoms with Crippen LogP contribution in [0.3, 0.4) is 0 Å². The van der Waals surface area contributed by atoms with E-state index in [-0.39, 0.29) is 11.1 Å². The number of rotatable bonds is 3. The van der Waals surface area contributed by atoms with Crippen LogP contribution in [0.25, 0.3) is 0 Å². The maximum atomic E-state index is 13.3. The summed E-state index contributed by atoms with van der Waals surface area (Å²) in [5.74, 6) is -0.430. The molecule has 1 atom stereocenters. The Morgan fingerprint density at radius 1 is 1.11 bits per heavy atom. The van der Waals surface area contributed by atoms with Crippen LogP contribution in [0.4, 0.5) is 4.39 Å². The average Bonchev–Trinajstić information content (AvgIpc) is 2.37. The van der Waals surface area contributed by atoms with Gasteiger partial charge in [0, 0.05) is 10.5 Å². The third kappa shape index (κ3) is 3.69. The van der Waals surface area contributed by atoms with E-state index in [0.29, 0.717) is 11.4 Å². The smallest absolute Gasteiger partial charge is 0.142 e. The molecule has 0 spiro atoms. The number of hydrogen-bond acceptors (Lipinski definition) is 1. The van der Waals surface area contributed by atoms with E-state index >= 15 is 0 Å². The van der Waals surface area contributed by atoms with Crippen LogP contribution in [-0.2, 0) is 6.42 Å². The van der Waals surface area contributed by atoms with Gasteiger partial charge in [-0.05, 0) is 57.7 Å². The van der Waals surface area contributed by atoms with Crippen molar-refractivity contribution < 1.29 is 4.39 Å². The van der Waals surface area contributed by atoms with Gasteiger partial charge in [0.2, 0.25) is 0 Å². The molecule has 2 aromatic rings. The van der Waals surface area contributed by atoms with Crippen LogP contribution in [0, 0.1) is 5.82 Å². The second kappa shape index (κ2) is 6.23. The maximum Gasteiger partial charge on any atom is 0.142 e. The van der Waals surface area contributed by atoms with Crippen molar-refractivity contribution in [1.29, 1.82) is 0 Å². The molecule has 2 rings (SSSR count). The normalized spacial score (nSPS) is 12.5. The van der Waals surface area contributed by atoms with Gasteiger partial charge in [0.1, 0.15) is 5.82 Å². The fourth-order valence-electron chi connectivity index (χ4n) is 1.78. The van der Waals surface area contributed by atoms with E-state index in [9.17, 15) is 4.39 Å². The second-order valence-electron chi connectivity index (χ2n) is 4.23. The highest BCUT2D eigenvalue weighted by atomic mass is 79.9. The molecule has 1 unspecified atom stereocenters. The van der Waals surface area contributed by atoms with Crippen molar-refractivity contribution in [2.45, 2.75) is 12.5 Å². The number of hydrogen-bond donors (Lipinski definition) is 1. The predicted molar refractivity (Wildman–Crippen MR) is 81.2 cm³/mol. The van der Waals surface area contributed by atoms with Gasteiger partial charge in [0.15, 0.2) is 0 Å². The standard InChI is InChI=1S/C14H11BrCl2FN/c15-10-3-2-9(7-12(10)17)14(19)6-8-1-4-11(16)13(18)5-8/h1-5,7,14H,6,19H2. The molecule has 0 amide bonds. The molecule has 0 radical (unpaired) electrons. The summed E-state index contributed by atoms with van der Waals surface area (Å²) < 4.78 is 14.2. The van der Waals surface area contributed by atoms with Crippen LogP contribution < -0.4 is 5.73 Å². The van der Waals surface area contributed by atoms with Crippen LogP contribution in [0.2, 0.25) is 10.0 Å². The van der Waals surface area contributed by atoms with E-state index in [0.717, 1.165) is 15.6 Å². The van der Waals surface area contributed by atoms with Crippen molar-refractivity contribution in [3.05, 3.63) is 67.9 Å². The number of benzene rings is 2. The summed E-state index contributed by atoms with van der Waals surface area (Å²) in [6.07, 6.45) is 0.520. The molecular weight excluding hydrogens is 352 g/mol. The molecule has 2 aromatic carbocycles. The highest BCUT2D eigenvalue weighted by molar-refractivity contribution is 9.10. The van der Waals surface area contributed by atoms with E-state index < -0.39 is 5.82 Å². The molecule has 0 bridgehead atoms. The van der Waals surface area contributed by atoms with Crippen molar-refractivity contribution in [2.75, 3.05) is 0 Å². The molecule has 0 heterocycles. The Kier molecular flexibility index (Phi) is 4.85. The fraction of sp³-hybridized carbons (Fsp3) is 0.143. The van der Waals surface area contributed by atoms with Crippen LogP contribution in [-0.4, -0.2) is 0 Å². The summed E-state index contributed by atoms with van der Waals surface area (Å²) in [7, 11) is 0. The summed E-state index contributed by atoms with van der Waals surface area (Å²) in [6, 6.07) is 10.0. The minimum atomic E-state index is -0.430. The fourth-order valence-corrected chi connectivity index (χ4v) is 2.33. The first kappa shape index (κ1) is 14.8. The number of nitrogens with two attached hydrogens (primary N) is 1. The van der Waals surface area contributed by atoms with Gasteiger partial charge in [-0.15, -0.1) is 0 Å². The zero-order valence-corrected chi connectivity index (χ0v) is 12.9. The lowest BCUT2D eigenvalue weighted by atomic mass is 10.00. The second-order valence-corrected chi connectivity index (χ2v) is 5.90. The molecule has 100 valence electrons. The van der Waals surface area contributed by atoms with Gasteiger partial charge >= 0.3 is 0 Å². The van der Waals surface area contributed by atoms with Gasteiger partial charge in [-0.3, -0.25) is 0 Å². The molecule has 1 nitrogen and oxygen atoms in total. The summed E-state index contributed by atoms with van der Waals surface area (Å²) in [4.78, 5) is 0. The predicted octanol–water partition coefficient (Wildman–Crippen LogP) is 5.14. The zero-order valence-electron chi connectivity index (χ0n) is 9.84. The van der Waals surface area contributed by atoms with Gasteiger partial charge in [-0.1, -0.05) is 35.3 Å². The van der Waals surface area contributed by atoms with Crippen LogP contribution >= 0.6 is 39.1 Å². The van der Waals surface area contributed by atoms with E-state index in [2.05, 4.69) is 15.9 Å². The molecule has 0 aliphatic rings. The first-order valence-corrected chi connectivity index (χ1v) is 7.16. The topological polar surface area (TPSA) is 26.0 Å². The summed E-state index contributed by atoms with van der Waals surface area (Å²) in [5, 5.41) is 0.722. The van der Waals surface area contributed by atoms with E-state index in [1.165, 1.54) is 12.1 Å². The minimum Gasteiger partial charge on any atom is -0.324 e. The zero-order chi connectivity index (χ0) is 14.0. The van der Waals surface area contributed by atoms with Crippen molar-refractivity contribution in [2.24, 2.45) is 5.73 Å². The monoisotopic (exact) mass is 361 g/mol. The Bertz CT molecular complexity index is 604. The maximum absolute atomic E-state index is 13.3. The highest BCUT2D eigenvalue weighted by Crippen LogP contribution is 2.27. The van der Waals surface area contributed by atoms with Gasteiger partial charge in [0.25, 0.3) is 0 Å². The lowest BCUT2D eigenvalue weighted by molar-refractivity contribution is 0.622. The first-order chi connectivity index (χ1) is 8.97. The quantitative estimate of drug-likeness (QED) is 0.803. The summed E-state index contributed by atoms with van der Waals surface area (Å²) in [5.41, 5.74) is 7.81. The summed E-state index contributed by atoms with van der Waals surface area (Å²) in [6.45, 7) is 0. The largest absolute Gasteiger partial charge is 0.324 e. The van der Waals surface area contributed by atoms with Crippen LogP contribution in [0.1, 0.15) is 17.2 Å². The first-order valence-electron chi connectivity index (χ1n) is 5.62. The van der Waals surface area contributed by atoms with Crippen LogP contribution in [0.15, 0.2) is 40.9 Å². The van der Waals surface area contributed by atoms with E-state index in [1.54, 1.807) is 6.07 Å². The Balaban J connectivity index is 2.17. The lowest BCUT2D eigenvalue weighted by Gasteiger charge is -2.13. The van der Waals surface area contributed by atoms with Crippen molar-refractivity contribution in [3.63, 3.8) is 0 Å². The molecule has 19 heavy (non-hydrogen) atoms. The molecule has 0 saturated carbocycles. The Morgan fingerprint density at radius 2 is 1.84 bits per heavy atom. The lowest BCUT2D eigenvalue weighted by Crippen LogP contribution is -2.13. The van der Waals surface area contributed by atoms with Gasteiger partial charge in [0.05, 0.1) is 10.0 Å². The minimum absolute atomic E-state index is 0.115. The molecule has 2 N–H and O–H groups in total. The van der Waals surface area contributed by atoms with E-state index in [1.807, 2.05) is 18.2 Å². The van der Waals surface area contributed by atoms with E-state index in [4.69, 9.17) is 28.9 Å². The van der Waals surface area contributed by atoms with Crippen molar-refractivity contribution in [3.8, 4) is 0 Å². The van der Waals surface area contributed by atoms with Gasteiger partial charge in [-0.2, -0.15) is 0 Å². The Morgan fingerprint density at radius 3 is 2.47 bits per heavy atom. The van der Waals surface area contributed by atoms with Gasteiger partial charge < -0.3 is 5.73 Å². The molecule has 0 aromatic heterocycles. The molecule has 5 heteroatoms. The molecule has 0 aliphatic carbocycles. The third-order valence-electron chi connectivity index (χ3n) is 2.81. The van der Waals surface area contributed by atoms with Gasteiger partial charge in [-0.25, -0.2) is 4.39 Å². The Hall–Kier alpha value is -0.610. The molecule has 0 saturated heterocycles. The highest BCUT2D eigenvalue weighted by Gasteiger charge is 2.10. The van der Waals surface area contributed by atoms with Crippen molar-refractivity contribution >= 4 is 39.1 Å². The molecule has 0 aliphatic heterocycles. The van der Waals surface area contributed by atoms with Crippen LogP contribution in [0.5, 0.6) is 0 Å².